The van der Waals surface area contributed by atoms with Crippen LogP contribution in [0.4, 0.5) is 0 Å². The Balaban J connectivity index is 2.50. The van der Waals surface area contributed by atoms with Gasteiger partial charge in [-0.3, -0.25) is 0 Å². The van der Waals surface area contributed by atoms with Gasteiger partial charge < -0.3 is 4.79 Å². The molecule has 0 aliphatic rings. The second-order valence-electron chi connectivity index (χ2n) is 3.63. The first-order chi connectivity index (χ1) is 6.86. The van der Waals surface area contributed by atoms with Gasteiger partial charge >= 0.3 is 0 Å². The fraction of sp³-hybridized carbons (Fsp3) is 0.462. The normalized spacial score (nSPS) is 10.1. The average Bonchev–Trinajstić information content (AvgIpc) is 2.19. The second-order valence-corrected chi connectivity index (χ2v) is 3.63. The molecule has 0 aromatic heterocycles. The van der Waals surface area contributed by atoms with Gasteiger partial charge in [0.25, 0.3) is 0 Å². The van der Waals surface area contributed by atoms with Gasteiger partial charge in [-0.05, 0) is 30.4 Å². The standard InChI is InChI=1S/C13H18O/c1-2-6-12-8-5-9-13(11-12)7-3-4-10-14/h5,8-11H,2-4,6-7H2,1H3. The number of hydrogen-bond acceptors (Lipinski definition) is 1. The summed E-state index contributed by atoms with van der Waals surface area (Å²) < 4.78 is 0. The van der Waals surface area contributed by atoms with E-state index in [4.69, 9.17) is 0 Å². The van der Waals surface area contributed by atoms with E-state index in [-0.39, 0.29) is 0 Å². The zero-order valence-electron chi connectivity index (χ0n) is 8.83. The van der Waals surface area contributed by atoms with Gasteiger partial charge in [-0.1, -0.05) is 37.6 Å². The fourth-order valence-electron chi connectivity index (χ4n) is 1.62. The van der Waals surface area contributed by atoms with Crippen molar-refractivity contribution in [3.05, 3.63) is 35.4 Å². The number of aldehydes is 1. The molecule has 1 nitrogen and oxygen atoms in total. The molecule has 0 radical (unpaired) electrons. The molecule has 1 aromatic carbocycles. The second kappa shape index (κ2) is 6.36. The Morgan fingerprint density at radius 3 is 2.57 bits per heavy atom. The molecule has 0 saturated heterocycles. The predicted molar refractivity (Wildman–Crippen MR) is 59.4 cm³/mol. The van der Waals surface area contributed by atoms with Crippen LogP contribution >= 0.6 is 0 Å². The lowest BCUT2D eigenvalue weighted by Gasteiger charge is -2.03. The first-order valence-corrected chi connectivity index (χ1v) is 5.38. The highest BCUT2D eigenvalue weighted by Gasteiger charge is 1.95. The van der Waals surface area contributed by atoms with Gasteiger partial charge in [0, 0.05) is 6.42 Å². The Bertz CT molecular complexity index is 278. The van der Waals surface area contributed by atoms with Crippen molar-refractivity contribution >= 4 is 6.29 Å². The van der Waals surface area contributed by atoms with Crippen LogP contribution in [0, 0.1) is 0 Å². The molecule has 0 atom stereocenters. The van der Waals surface area contributed by atoms with E-state index in [1.54, 1.807) is 0 Å². The number of aryl methyl sites for hydroxylation is 2. The van der Waals surface area contributed by atoms with Crippen LogP contribution in [0.3, 0.4) is 0 Å². The average molecular weight is 190 g/mol. The maximum Gasteiger partial charge on any atom is 0.120 e. The maximum atomic E-state index is 10.2. The Morgan fingerprint density at radius 1 is 1.21 bits per heavy atom. The number of benzene rings is 1. The Labute approximate surface area is 86.1 Å². The molecular formula is C13H18O. The molecule has 0 saturated carbocycles. The topological polar surface area (TPSA) is 17.1 Å². The van der Waals surface area contributed by atoms with Gasteiger partial charge in [0.15, 0.2) is 0 Å². The molecule has 76 valence electrons. The fourth-order valence-corrected chi connectivity index (χ4v) is 1.62. The zero-order chi connectivity index (χ0) is 10.2. The van der Waals surface area contributed by atoms with Gasteiger partial charge in [0.05, 0.1) is 0 Å². The van der Waals surface area contributed by atoms with Crippen molar-refractivity contribution in [3.63, 3.8) is 0 Å². The molecule has 0 unspecified atom stereocenters. The Kier molecular flexibility index (Phi) is 4.98. The summed E-state index contributed by atoms with van der Waals surface area (Å²) in [6, 6.07) is 8.69. The van der Waals surface area contributed by atoms with Crippen LogP contribution in [0.15, 0.2) is 24.3 Å². The van der Waals surface area contributed by atoms with Crippen LogP contribution in [0.2, 0.25) is 0 Å². The zero-order valence-corrected chi connectivity index (χ0v) is 8.83. The summed E-state index contributed by atoms with van der Waals surface area (Å²) >= 11 is 0. The van der Waals surface area contributed by atoms with E-state index in [0.29, 0.717) is 6.42 Å². The van der Waals surface area contributed by atoms with E-state index < -0.39 is 0 Å². The van der Waals surface area contributed by atoms with E-state index in [0.717, 1.165) is 25.5 Å². The highest BCUT2D eigenvalue weighted by Crippen LogP contribution is 2.09. The van der Waals surface area contributed by atoms with Gasteiger partial charge in [-0.2, -0.15) is 0 Å². The highest BCUT2D eigenvalue weighted by atomic mass is 16.1. The predicted octanol–water partition coefficient (Wildman–Crippen LogP) is 3.16. The lowest BCUT2D eigenvalue weighted by molar-refractivity contribution is -0.107. The maximum absolute atomic E-state index is 10.2. The van der Waals surface area contributed by atoms with Crippen molar-refractivity contribution in [2.24, 2.45) is 0 Å². The first kappa shape index (κ1) is 11.0. The van der Waals surface area contributed by atoms with Crippen LogP contribution in [0.25, 0.3) is 0 Å². The third kappa shape index (κ3) is 3.73. The minimum Gasteiger partial charge on any atom is -0.303 e. The van der Waals surface area contributed by atoms with Gasteiger partial charge in [0.2, 0.25) is 0 Å². The van der Waals surface area contributed by atoms with Gasteiger partial charge in [0.1, 0.15) is 6.29 Å². The van der Waals surface area contributed by atoms with Crippen LogP contribution in [-0.4, -0.2) is 6.29 Å². The number of carbonyl (C=O) groups excluding carboxylic acids is 1. The molecule has 0 spiro atoms. The molecule has 0 aliphatic carbocycles. The summed E-state index contributed by atoms with van der Waals surface area (Å²) in [5, 5.41) is 0. The summed E-state index contributed by atoms with van der Waals surface area (Å²) in [5.74, 6) is 0. The van der Waals surface area contributed by atoms with Crippen molar-refractivity contribution in [1.82, 2.24) is 0 Å². The molecule has 0 fully saturated rings. The minimum absolute atomic E-state index is 0.679. The molecule has 14 heavy (non-hydrogen) atoms. The molecule has 0 N–H and O–H groups in total. The number of hydrogen-bond donors (Lipinski definition) is 0. The molecule has 1 aromatic rings. The number of carbonyl (C=O) groups is 1. The third-order valence-corrected chi connectivity index (χ3v) is 2.32. The number of unbranched alkanes of at least 4 members (excludes halogenated alkanes) is 1. The first-order valence-electron chi connectivity index (χ1n) is 5.38. The monoisotopic (exact) mass is 190 g/mol. The molecule has 1 heteroatoms. The van der Waals surface area contributed by atoms with Crippen molar-refractivity contribution in [2.45, 2.75) is 39.0 Å². The van der Waals surface area contributed by atoms with E-state index in [2.05, 4.69) is 31.2 Å². The largest absolute Gasteiger partial charge is 0.303 e. The summed E-state index contributed by atoms with van der Waals surface area (Å²) in [7, 11) is 0. The quantitative estimate of drug-likeness (QED) is 0.497. The highest BCUT2D eigenvalue weighted by molar-refractivity contribution is 5.49. The van der Waals surface area contributed by atoms with Crippen LogP contribution in [0.1, 0.15) is 37.3 Å². The lowest BCUT2D eigenvalue weighted by atomic mass is 10.0. The minimum atomic E-state index is 0.679. The summed E-state index contributed by atoms with van der Waals surface area (Å²) in [4.78, 5) is 10.2. The van der Waals surface area contributed by atoms with E-state index in [9.17, 15) is 4.79 Å². The summed E-state index contributed by atoms with van der Waals surface area (Å²) in [6.07, 6.45) is 6.02. The van der Waals surface area contributed by atoms with Crippen LogP contribution < -0.4 is 0 Å². The van der Waals surface area contributed by atoms with E-state index >= 15 is 0 Å². The number of rotatable bonds is 6. The molecule has 0 bridgehead atoms. The van der Waals surface area contributed by atoms with Crippen LogP contribution in [-0.2, 0) is 17.6 Å². The summed E-state index contributed by atoms with van der Waals surface area (Å²) in [5.41, 5.74) is 2.77. The SMILES string of the molecule is CCCc1cccc(CCCC=O)c1. The smallest absolute Gasteiger partial charge is 0.120 e. The summed E-state index contributed by atoms with van der Waals surface area (Å²) in [6.45, 7) is 2.19. The van der Waals surface area contributed by atoms with Crippen molar-refractivity contribution in [2.75, 3.05) is 0 Å². The van der Waals surface area contributed by atoms with E-state index in [1.807, 2.05) is 0 Å². The van der Waals surface area contributed by atoms with Gasteiger partial charge in [-0.25, -0.2) is 0 Å². The Morgan fingerprint density at radius 2 is 1.93 bits per heavy atom. The Hall–Kier alpha value is -1.11. The van der Waals surface area contributed by atoms with Crippen molar-refractivity contribution < 1.29 is 4.79 Å². The van der Waals surface area contributed by atoms with Crippen molar-refractivity contribution in [3.8, 4) is 0 Å². The van der Waals surface area contributed by atoms with Gasteiger partial charge in [-0.15, -0.1) is 0 Å². The molecule has 0 heterocycles. The molecule has 0 amide bonds. The van der Waals surface area contributed by atoms with Crippen molar-refractivity contribution in [1.29, 1.82) is 0 Å². The molecule has 1 rings (SSSR count). The molecular weight excluding hydrogens is 172 g/mol. The lowest BCUT2D eigenvalue weighted by Crippen LogP contribution is -1.89. The van der Waals surface area contributed by atoms with Crippen LogP contribution in [0.5, 0.6) is 0 Å². The third-order valence-electron chi connectivity index (χ3n) is 2.32. The van der Waals surface area contributed by atoms with E-state index in [1.165, 1.54) is 17.5 Å². The molecule has 0 aliphatic heterocycles.